The maximum absolute atomic E-state index is 6.19. The average molecular weight is 348 g/mol. The van der Waals surface area contributed by atoms with Crippen LogP contribution in [0.4, 0.5) is 0 Å². The Balaban J connectivity index is 1.56. The van der Waals surface area contributed by atoms with Crippen LogP contribution in [0.15, 0.2) is 41.3 Å². The molecule has 2 aromatic rings. The van der Waals surface area contributed by atoms with E-state index in [2.05, 4.69) is 36.5 Å². The zero-order chi connectivity index (χ0) is 15.8. The fourth-order valence-corrected chi connectivity index (χ4v) is 4.41. The molecule has 0 aliphatic carbocycles. The van der Waals surface area contributed by atoms with Gasteiger partial charge >= 0.3 is 0 Å². The molecule has 0 spiro atoms. The molecular weight excluding hydrogens is 330 g/mol. The van der Waals surface area contributed by atoms with E-state index in [0.717, 1.165) is 28.7 Å². The molecule has 120 valence electrons. The van der Waals surface area contributed by atoms with Gasteiger partial charge in [-0.05, 0) is 60.6 Å². The first-order valence-corrected chi connectivity index (χ1v) is 9.15. The lowest BCUT2D eigenvalue weighted by atomic mass is 10.0. The van der Waals surface area contributed by atoms with Gasteiger partial charge in [0.25, 0.3) is 0 Å². The summed E-state index contributed by atoms with van der Waals surface area (Å²) in [6.45, 7) is 2.50. The lowest BCUT2D eigenvalue weighted by Crippen LogP contribution is -2.27. The Morgan fingerprint density at radius 3 is 2.96 bits per heavy atom. The van der Waals surface area contributed by atoms with Crippen molar-refractivity contribution in [1.82, 2.24) is 5.32 Å². The van der Waals surface area contributed by atoms with Crippen molar-refractivity contribution >= 4 is 23.4 Å². The van der Waals surface area contributed by atoms with Crippen LogP contribution in [0.25, 0.3) is 0 Å². The minimum Gasteiger partial charge on any atom is -0.454 e. The largest absolute Gasteiger partial charge is 0.454 e. The van der Waals surface area contributed by atoms with Crippen molar-refractivity contribution in [3.63, 3.8) is 0 Å². The van der Waals surface area contributed by atoms with Gasteiger partial charge in [-0.25, -0.2) is 0 Å². The number of ether oxygens (including phenoxy) is 2. The van der Waals surface area contributed by atoms with E-state index < -0.39 is 0 Å². The second-order valence-electron chi connectivity index (χ2n) is 5.87. The quantitative estimate of drug-likeness (QED) is 0.850. The van der Waals surface area contributed by atoms with E-state index in [1.807, 2.05) is 23.9 Å². The summed E-state index contributed by atoms with van der Waals surface area (Å²) in [5.41, 5.74) is 2.51. The predicted molar refractivity (Wildman–Crippen MR) is 93.6 cm³/mol. The Morgan fingerprint density at radius 2 is 2.04 bits per heavy atom. The van der Waals surface area contributed by atoms with Crippen molar-refractivity contribution in [3.05, 3.63) is 52.5 Å². The molecule has 5 heteroatoms. The summed E-state index contributed by atoms with van der Waals surface area (Å²) in [5, 5.41) is 4.54. The van der Waals surface area contributed by atoms with E-state index in [-0.39, 0.29) is 6.04 Å². The number of benzene rings is 2. The molecule has 1 N–H and O–H groups in total. The molecule has 0 saturated carbocycles. The Morgan fingerprint density at radius 1 is 1.17 bits per heavy atom. The molecule has 2 aliphatic heterocycles. The van der Waals surface area contributed by atoms with Crippen LogP contribution in [0.1, 0.15) is 36.6 Å². The summed E-state index contributed by atoms with van der Waals surface area (Å²) in [6.07, 6.45) is 1.10. The van der Waals surface area contributed by atoms with E-state index in [1.54, 1.807) is 0 Å². The topological polar surface area (TPSA) is 30.5 Å². The van der Waals surface area contributed by atoms with Gasteiger partial charge in [-0.1, -0.05) is 17.7 Å². The summed E-state index contributed by atoms with van der Waals surface area (Å²) >= 11 is 8.10. The molecule has 2 heterocycles. The van der Waals surface area contributed by atoms with Crippen LogP contribution in [0, 0.1) is 0 Å². The van der Waals surface area contributed by atoms with Gasteiger partial charge in [0.1, 0.15) is 0 Å². The number of nitrogens with one attached hydrogen (secondary N) is 1. The van der Waals surface area contributed by atoms with E-state index in [9.17, 15) is 0 Å². The van der Waals surface area contributed by atoms with E-state index in [0.29, 0.717) is 12.8 Å². The minimum absolute atomic E-state index is 0.226. The summed E-state index contributed by atoms with van der Waals surface area (Å²) in [5.74, 6) is 2.78. The van der Waals surface area contributed by atoms with Gasteiger partial charge in [0, 0.05) is 22.0 Å². The molecule has 0 bridgehead atoms. The fraction of sp³-hybridized carbons (Fsp3) is 0.333. The Hall–Kier alpha value is -1.36. The standard InChI is InChI=1S/C18H18ClNO2S/c1-11(12-2-4-16-17(8-12)22-10-21-16)20-15-6-7-23-18-5-3-13(19)9-14(15)18/h2-5,8-9,11,15,20H,6-7,10H2,1H3. The highest BCUT2D eigenvalue weighted by Gasteiger charge is 2.23. The number of fused-ring (bicyclic) bond motifs is 2. The average Bonchev–Trinajstić information content (AvgIpc) is 3.03. The third-order valence-corrected chi connectivity index (χ3v) is 5.72. The van der Waals surface area contributed by atoms with Crippen LogP contribution < -0.4 is 14.8 Å². The first kappa shape index (κ1) is 15.2. The number of thioether (sulfide) groups is 1. The van der Waals surface area contributed by atoms with E-state index in [4.69, 9.17) is 21.1 Å². The third-order valence-electron chi connectivity index (χ3n) is 4.36. The highest BCUT2D eigenvalue weighted by Crippen LogP contribution is 2.39. The summed E-state index contributed by atoms with van der Waals surface area (Å²) in [6, 6.07) is 12.9. The van der Waals surface area contributed by atoms with Gasteiger partial charge in [0.05, 0.1) is 0 Å². The van der Waals surface area contributed by atoms with E-state index >= 15 is 0 Å². The zero-order valence-corrected chi connectivity index (χ0v) is 14.4. The molecule has 2 aromatic carbocycles. The number of hydrogen-bond acceptors (Lipinski definition) is 4. The second kappa shape index (κ2) is 6.27. The predicted octanol–water partition coefficient (Wildman–Crippen LogP) is 4.96. The second-order valence-corrected chi connectivity index (χ2v) is 7.45. The number of rotatable bonds is 3. The Labute approximate surface area is 145 Å². The van der Waals surface area contributed by atoms with Crippen LogP contribution in [0.3, 0.4) is 0 Å². The molecule has 2 aliphatic rings. The molecular formula is C18H18ClNO2S. The van der Waals surface area contributed by atoms with Gasteiger partial charge in [0.15, 0.2) is 11.5 Å². The smallest absolute Gasteiger partial charge is 0.231 e. The van der Waals surface area contributed by atoms with Gasteiger partial charge in [-0.2, -0.15) is 0 Å². The molecule has 0 radical (unpaired) electrons. The number of halogens is 1. The molecule has 3 nitrogen and oxygen atoms in total. The Bertz CT molecular complexity index is 737. The van der Waals surface area contributed by atoms with Crippen molar-refractivity contribution in [2.75, 3.05) is 12.5 Å². The van der Waals surface area contributed by atoms with Gasteiger partial charge in [-0.15, -0.1) is 11.8 Å². The van der Waals surface area contributed by atoms with Crippen LogP contribution in [-0.4, -0.2) is 12.5 Å². The molecule has 2 unspecified atom stereocenters. The maximum Gasteiger partial charge on any atom is 0.231 e. The van der Waals surface area contributed by atoms with Gasteiger partial charge < -0.3 is 14.8 Å². The first-order valence-electron chi connectivity index (χ1n) is 7.78. The number of hydrogen-bond donors (Lipinski definition) is 1. The lowest BCUT2D eigenvalue weighted by Gasteiger charge is -2.29. The van der Waals surface area contributed by atoms with Crippen molar-refractivity contribution in [2.24, 2.45) is 0 Å². The van der Waals surface area contributed by atoms with E-state index in [1.165, 1.54) is 16.0 Å². The molecule has 23 heavy (non-hydrogen) atoms. The van der Waals surface area contributed by atoms with Crippen molar-refractivity contribution in [2.45, 2.75) is 30.3 Å². The zero-order valence-electron chi connectivity index (χ0n) is 12.8. The minimum atomic E-state index is 0.226. The highest BCUT2D eigenvalue weighted by atomic mass is 35.5. The Kier molecular flexibility index (Phi) is 4.14. The lowest BCUT2D eigenvalue weighted by molar-refractivity contribution is 0.174. The third kappa shape index (κ3) is 3.03. The maximum atomic E-state index is 6.19. The van der Waals surface area contributed by atoms with Crippen LogP contribution in [-0.2, 0) is 0 Å². The van der Waals surface area contributed by atoms with Crippen LogP contribution in [0.5, 0.6) is 11.5 Å². The van der Waals surface area contributed by atoms with Gasteiger partial charge in [-0.3, -0.25) is 0 Å². The summed E-state index contributed by atoms with van der Waals surface area (Å²) in [4.78, 5) is 1.33. The van der Waals surface area contributed by atoms with Crippen molar-refractivity contribution in [1.29, 1.82) is 0 Å². The summed E-state index contributed by atoms with van der Waals surface area (Å²) in [7, 11) is 0. The fourth-order valence-electron chi connectivity index (χ4n) is 3.12. The van der Waals surface area contributed by atoms with Crippen LogP contribution >= 0.6 is 23.4 Å². The summed E-state index contributed by atoms with van der Waals surface area (Å²) < 4.78 is 10.9. The monoisotopic (exact) mass is 347 g/mol. The SMILES string of the molecule is CC(NC1CCSc2ccc(Cl)cc21)c1ccc2c(c1)OCO2. The first-order chi connectivity index (χ1) is 11.2. The molecule has 0 aromatic heterocycles. The molecule has 4 rings (SSSR count). The van der Waals surface area contributed by atoms with Crippen molar-refractivity contribution in [3.8, 4) is 11.5 Å². The molecule has 0 amide bonds. The molecule has 2 atom stereocenters. The molecule has 0 fully saturated rings. The highest BCUT2D eigenvalue weighted by molar-refractivity contribution is 7.99. The van der Waals surface area contributed by atoms with Gasteiger partial charge in [0.2, 0.25) is 6.79 Å². The normalized spacial score (nSPS) is 20.2. The molecule has 0 saturated heterocycles. The van der Waals surface area contributed by atoms with Crippen LogP contribution in [0.2, 0.25) is 5.02 Å². The van der Waals surface area contributed by atoms with Crippen molar-refractivity contribution < 1.29 is 9.47 Å².